The predicted molar refractivity (Wildman–Crippen MR) is 99.7 cm³/mol. The molecule has 1 amide bonds. The summed E-state index contributed by atoms with van der Waals surface area (Å²) >= 11 is 0. The molecular formula is C19H28N2O4S. The molecule has 2 aliphatic heterocycles. The van der Waals surface area contributed by atoms with E-state index in [1.165, 1.54) is 0 Å². The number of hydrogen-bond acceptors (Lipinski definition) is 5. The average Bonchev–Trinajstić information content (AvgIpc) is 3.06. The largest absolute Gasteiger partial charge is 0.383 e. The number of piperidine rings is 1. The monoisotopic (exact) mass is 380 g/mol. The zero-order chi connectivity index (χ0) is 18.6. The smallest absolute Gasteiger partial charge is 0.230 e. The highest BCUT2D eigenvalue weighted by atomic mass is 32.2. The molecule has 144 valence electrons. The van der Waals surface area contributed by atoms with Crippen molar-refractivity contribution in [2.24, 2.45) is 5.41 Å². The van der Waals surface area contributed by atoms with Crippen LogP contribution in [0.15, 0.2) is 35.2 Å². The fourth-order valence-corrected chi connectivity index (χ4v) is 5.40. The highest BCUT2D eigenvalue weighted by Crippen LogP contribution is 2.40. The lowest BCUT2D eigenvalue weighted by atomic mass is 9.78. The molecule has 0 bridgehead atoms. The van der Waals surface area contributed by atoms with Gasteiger partial charge in [0.25, 0.3) is 0 Å². The molecule has 1 aromatic carbocycles. The summed E-state index contributed by atoms with van der Waals surface area (Å²) < 4.78 is 30.1. The first kappa shape index (κ1) is 19.3. The minimum absolute atomic E-state index is 0.0919. The molecule has 2 fully saturated rings. The molecule has 6 nitrogen and oxygen atoms in total. The summed E-state index contributed by atoms with van der Waals surface area (Å²) in [6, 6.07) is 8.58. The minimum Gasteiger partial charge on any atom is -0.383 e. The van der Waals surface area contributed by atoms with Crippen molar-refractivity contribution in [1.29, 1.82) is 0 Å². The quantitative estimate of drug-likeness (QED) is 0.716. The van der Waals surface area contributed by atoms with Gasteiger partial charge >= 0.3 is 0 Å². The SMILES string of the molecule is COCCN1CCCC2(CCN(CCS(=O)(=O)c3ccccc3)C2)C1=O. The number of sulfone groups is 1. The minimum atomic E-state index is -3.28. The number of hydrogen-bond donors (Lipinski definition) is 0. The van der Waals surface area contributed by atoms with Gasteiger partial charge in [0.1, 0.15) is 0 Å². The van der Waals surface area contributed by atoms with E-state index in [9.17, 15) is 13.2 Å². The number of ether oxygens (including phenoxy) is 1. The van der Waals surface area contributed by atoms with E-state index in [1.807, 2.05) is 11.0 Å². The van der Waals surface area contributed by atoms with Crippen LogP contribution in [0.5, 0.6) is 0 Å². The van der Waals surface area contributed by atoms with Crippen LogP contribution in [0.4, 0.5) is 0 Å². The van der Waals surface area contributed by atoms with Crippen LogP contribution in [0.2, 0.25) is 0 Å². The van der Waals surface area contributed by atoms with E-state index < -0.39 is 9.84 Å². The Balaban J connectivity index is 1.59. The Hall–Kier alpha value is -1.44. The lowest BCUT2D eigenvalue weighted by Gasteiger charge is -2.39. The Bertz CT molecular complexity index is 722. The highest BCUT2D eigenvalue weighted by Gasteiger charge is 2.48. The third-order valence-corrected chi connectivity index (χ3v) is 7.31. The van der Waals surface area contributed by atoms with Gasteiger partial charge in [0, 0.05) is 33.3 Å². The summed E-state index contributed by atoms with van der Waals surface area (Å²) in [4.78, 5) is 17.4. The maximum Gasteiger partial charge on any atom is 0.230 e. The number of amides is 1. The predicted octanol–water partition coefficient (Wildman–Crippen LogP) is 1.42. The van der Waals surface area contributed by atoms with E-state index in [4.69, 9.17) is 4.74 Å². The molecule has 3 rings (SSSR count). The van der Waals surface area contributed by atoms with E-state index in [2.05, 4.69) is 4.90 Å². The molecule has 2 aliphatic rings. The number of benzene rings is 1. The van der Waals surface area contributed by atoms with E-state index in [1.54, 1.807) is 31.4 Å². The number of likely N-dealkylation sites (tertiary alicyclic amines) is 2. The van der Waals surface area contributed by atoms with E-state index >= 15 is 0 Å². The van der Waals surface area contributed by atoms with Crippen LogP contribution in [-0.4, -0.2) is 76.3 Å². The van der Waals surface area contributed by atoms with Crippen LogP contribution in [-0.2, 0) is 19.4 Å². The Labute approximate surface area is 156 Å². The van der Waals surface area contributed by atoms with Crippen LogP contribution < -0.4 is 0 Å². The van der Waals surface area contributed by atoms with Gasteiger partial charge in [-0.25, -0.2) is 8.42 Å². The van der Waals surface area contributed by atoms with Gasteiger partial charge in [0.15, 0.2) is 9.84 Å². The fourth-order valence-electron chi connectivity index (χ4n) is 4.09. The lowest BCUT2D eigenvalue weighted by molar-refractivity contribution is -0.146. The second-order valence-corrected chi connectivity index (χ2v) is 9.44. The summed E-state index contributed by atoms with van der Waals surface area (Å²) in [6.07, 6.45) is 2.73. The molecule has 1 aromatic rings. The molecule has 7 heteroatoms. The summed E-state index contributed by atoms with van der Waals surface area (Å²) in [7, 11) is -1.63. The molecule has 0 radical (unpaired) electrons. The summed E-state index contributed by atoms with van der Waals surface area (Å²) in [6.45, 7) is 3.92. The van der Waals surface area contributed by atoms with Gasteiger partial charge < -0.3 is 14.5 Å². The topological polar surface area (TPSA) is 66.9 Å². The zero-order valence-electron chi connectivity index (χ0n) is 15.4. The van der Waals surface area contributed by atoms with E-state index in [0.29, 0.717) is 31.1 Å². The molecule has 2 heterocycles. The van der Waals surface area contributed by atoms with E-state index in [0.717, 1.165) is 32.4 Å². The first-order chi connectivity index (χ1) is 12.5. The van der Waals surface area contributed by atoms with Crippen molar-refractivity contribution in [3.63, 3.8) is 0 Å². The van der Waals surface area contributed by atoms with Crippen LogP contribution in [0, 0.1) is 5.41 Å². The first-order valence-corrected chi connectivity index (χ1v) is 10.9. The van der Waals surface area contributed by atoms with Crippen molar-refractivity contribution in [3.8, 4) is 0 Å². The van der Waals surface area contributed by atoms with Crippen molar-refractivity contribution in [1.82, 2.24) is 9.80 Å². The van der Waals surface area contributed by atoms with Crippen molar-refractivity contribution < 1.29 is 17.9 Å². The summed E-state index contributed by atoms with van der Waals surface area (Å²) in [5.41, 5.74) is -0.331. The molecule has 1 unspecified atom stereocenters. The van der Waals surface area contributed by atoms with Gasteiger partial charge in [0.05, 0.1) is 22.7 Å². The molecule has 0 N–H and O–H groups in total. The molecule has 1 spiro atoms. The van der Waals surface area contributed by atoms with Gasteiger partial charge in [-0.3, -0.25) is 4.79 Å². The third kappa shape index (κ3) is 4.10. The number of nitrogens with zero attached hydrogens (tertiary/aromatic N) is 2. The molecule has 0 saturated carbocycles. The van der Waals surface area contributed by atoms with Gasteiger partial charge in [-0.15, -0.1) is 0 Å². The summed E-state index contributed by atoms with van der Waals surface area (Å²) in [5.74, 6) is 0.309. The Morgan fingerprint density at radius 1 is 1.12 bits per heavy atom. The van der Waals surface area contributed by atoms with Crippen molar-refractivity contribution in [3.05, 3.63) is 30.3 Å². The standard InChI is InChI=1S/C19H28N2O4S/c1-25-14-12-21-10-5-8-19(18(21)22)9-11-20(16-19)13-15-26(23,24)17-6-3-2-4-7-17/h2-4,6-7H,5,8-16H2,1H3. The Morgan fingerprint density at radius 2 is 1.88 bits per heavy atom. The second-order valence-electron chi connectivity index (χ2n) is 7.33. The van der Waals surface area contributed by atoms with Gasteiger partial charge in [-0.05, 0) is 37.9 Å². The summed E-state index contributed by atoms with van der Waals surface area (Å²) in [5, 5.41) is 0. The van der Waals surface area contributed by atoms with Gasteiger partial charge in [0.2, 0.25) is 5.91 Å². The molecule has 26 heavy (non-hydrogen) atoms. The van der Waals surface area contributed by atoms with Gasteiger partial charge in [-0.2, -0.15) is 0 Å². The normalized spacial score (nSPS) is 24.5. The van der Waals surface area contributed by atoms with Crippen LogP contribution in [0.3, 0.4) is 0 Å². The zero-order valence-corrected chi connectivity index (χ0v) is 16.2. The number of carbonyl (C=O) groups is 1. The molecular weight excluding hydrogens is 352 g/mol. The molecule has 1 atom stereocenters. The maximum absolute atomic E-state index is 12.9. The lowest BCUT2D eigenvalue weighted by Crippen LogP contribution is -2.51. The number of rotatable bonds is 7. The van der Waals surface area contributed by atoms with Gasteiger partial charge in [-0.1, -0.05) is 18.2 Å². The van der Waals surface area contributed by atoms with Crippen LogP contribution in [0.1, 0.15) is 19.3 Å². The van der Waals surface area contributed by atoms with Crippen LogP contribution >= 0.6 is 0 Å². The third-order valence-electron chi connectivity index (χ3n) is 5.60. The average molecular weight is 381 g/mol. The molecule has 0 aromatic heterocycles. The van der Waals surface area contributed by atoms with Crippen LogP contribution in [0.25, 0.3) is 0 Å². The molecule has 0 aliphatic carbocycles. The molecule has 2 saturated heterocycles. The number of methoxy groups -OCH3 is 1. The Morgan fingerprint density at radius 3 is 2.62 bits per heavy atom. The van der Waals surface area contributed by atoms with Crippen molar-refractivity contribution in [2.45, 2.75) is 24.2 Å². The second kappa shape index (κ2) is 8.06. The maximum atomic E-state index is 12.9. The first-order valence-electron chi connectivity index (χ1n) is 9.25. The number of carbonyl (C=O) groups excluding carboxylic acids is 1. The van der Waals surface area contributed by atoms with Crippen molar-refractivity contribution >= 4 is 15.7 Å². The van der Waals surface area contributed by atoms with Crippen molar-refractivity contribution in [2.75, 3.05) is 52.2 Å². The highest BCUT2D eigenvalue weighted by molar-refractivity contribution is 7.91. The van der Waals surface area contributed by atoms with E-state index in [-0.39, 0.29) is 17.1 Å². The Kier molecular flexibility index (Phi) is 5.99. The fraction of sp³-hybridized carbons (Fsp3) is 0.632.